The van der Waals surface area contributed by atoms with Gasteiger partial charge in [0, 0.05) is 12.8 Å². The number of nitrogens with zero attached hydrogens (tertiary/aromatic N) is 1. The highest BCUT2D eigenvalue weighted by atomic mass is 16.4. The fraction of sp³-hybridized carbons (Fsp3) is 0.471. The Morgan fingerprint density at radius 3 is 2.65 bits per heavy atom. The minimum absolute atomic E-state index is 0.863. The van der Waals surface area contributed by atoms with Crippen molar-refractivity contribution in [3.8, 4) is 0 Å². The number of oxazole rings is 1. The standard InChI is InChI=1S/C17H24N2O/c1-3-18-12-4-5-17-19-13-16(20-17)11-10-15-8-6-14(2)7-9-15/h6-9,13,18H,3-5,10-12H2,1-2H3. The predicted molar refractivity (Wildman–Crippen MR) is 82.0 cm³/mol. The Morgan fingerprint density at radius 2 is 1.90 bits per heavy atom. The first-order valence-electron chi connectivity index (χ1n) is 7.47. The zero-order valence-corrected chi connectivity index (χ0v) is 12.5. The Bertz CT molecular complexity index is 502. The predicted octanol–water partition coefficient (Wildman–Crippen LogP) is 3.31. The smallest absolute Gasteiger partial charge is 0.194 e. The van der Waals surface area contributed by atoms with Crippen molar-refractivity contribution in [2.24, 2.45) is 0 Å². The molecule has 0 spiro atoms. The van der Waals surface area contributed by atoms with Gasteiger partial charge in [-0.1, -0.05) is 36.8 Å². The summed E-state index contributed by atoms with van der Waals surface area (Å²) in [6, 6.07) is 8.68. The highest BCUT2D eigenvalue weighted by Crippen LogP contribution is 2.11. The fourth-order valence-electron chi connectivity index (χ4n) is 2.14. The zero-order valence-electron chi connectivity index (χ0n) is 12.5. The van der Waals surface area contributed by atoms with Crippen LogP contribution in [0.4, 0.5) is 0 Å². The van der Waals surface area contributed by atoms with E-state index >= 15 is 0 Å². The maximum Gasteiger partial charge on any atom is 0.194 e. The number of aromatic nitrogens is 1. The van der Waals surface area contributed by atoms with Crippen LogP contribution in [-0.4, -0.2) is 18.1 Å². The Kier molecular flexibility index (Phi) is 5.81. The molecule has 0 fully saturated rings. The van der Waals surface area contributed by atoms with Gasteiger partial charge in [0.2, 0.25) is 0 Å². The largest absolute Gasteiger partial charge is 0.446 e. The topological polar surface area (TPSA) is 38.1 Å². The minimum Gasteiger partial charge on any atom is -0.446 e. The molecule has 108 valence electrons. The van der Waals surface area contributed by atoms with Crippen LogP contribution in [0, 0.1) is 6.92 Å². The van der Waals surface area contributed by atoms with E-state index in [4.69, 9.17) is 4.42 Å². The molecular formula is C17H24N2O. The molecule has 0 saturated heterocycles. The van der Waals surface area contributed by atoms with Gasteiger partial charge in [0.25, 0.3) is 0 Å². The molecule has 0 atom stereocenters. The Hall–Kier alpha value is -1.61. The second kappa shape index (κ2) is 7.85. The molecule has 0 bridgehead atoms. The summed E-state index contributed by atoms with van der Waals surface area (Å²) in [6.45, 7) is 6.28. The number of benzene rings is 1. The van der Waals surface area contributed by atoms with Crippen molar-refractivity contribution in [1.82, 2.24) is 10.3 Å². The summed E-state index contributed by atoms with van der Waals surface area (Å²) in [6.07, 6.45) is 5.79. The second-order valence-electron chi connectivity index (χ2n) is 5.16. The van der Waals surface area contributed by atoms with Gasteiger partial charge in [-0.25, -0.2) is 4.98 Å². The molecule has 2 rings (SSSR count). The van der Waals surface area contributed by atoms with Crippen molar-refractivity contribution in [3.05, 3.63) is 53.2 Å². The van der Waals surface area contributed by atoms with Gasteiger partial charge in [0.15, 0.2) is 5.89 Å². The molecule has 0 unspecified atom stereocenters. The molecule has 3 heteroatoms. The van der Waals surface area contributed by atoms with Crippen molar-refractivity contribution < 1.29 is 4.42 Å². The maximum absolute atomic E-state index is 5.77. The van der Waals surface area contributed by atoms with Crippen LogP contribution in [0.3, 0.4) is 0 Å². The van der Waals surface area contributed by atoms with Crippen molar-refractivity contribution in [3.63, 3.8) is 0 Å². The molecule has 3 nitrogen and oxygen atoms in total. The van der Waals surface area contributed by atoms with Gasteiger partial charge in [-0.2, -0.15) is 0 Å². The van der Waals surface area contributed by atoms with Gasteiger partial charge in [-0.15, -0.1) is 0 Å². The van der Waals surface area contributed by atoms with E-state index in [1.54, 1.807) is 0 Å². The van der Waals surface area contributed by atoms with Crippen LogP contribution in [0.2, 0.25) is 0 Å². The summed E-state index contributed by atoms with van der Waals surface area (Å²) in [5.41, 5.74) is 2.65. The molecule has 2 aromatic rings. The molecule has 0 saturated carbocycles. The van der Waals surface area contributed by atoms with E-state index in [0.717, 1.165) is 50.4 Å². The summed E-state index contributed by atoms with van der Waals surface area (Å²) >= 11 is 0. The molecule has 0 aliphatic heterocycles. The van der Waals surface area contributed by atoms with Crippen LogP contribution in [0.5, 0.6) is 0 Å². The minimum atomic E-state index is 0.863. The fourth-order valence-corrected chi connectivity index (χ4v) is 2.14. The third-order valence-corrected chi connectivity index (χ3v) is 3.38. The first kappa shape index (κ1) is 14.8. The normalized spacial score (nSPS) is 10.9. The Balaban J connectivity index is 1.76. The Morgan fingerprint density at radius 1 is 1.10 bits per heavy atom. The molecular weight excluding hydrogens is 248 g/mol. The quantitative estimate of drug-likeness (QED) is 0.749. The molecule has 1 N–H and O–H groups in total. The maximum atomic E-state index is 5.77. The first-order chi connectivity index (χ1) is 9.78. The highest BCUT2D eigenvalue weighted by molar-refractivity contribution is 5.21. The molecule has 20 heavy (non-hydrogen) atoms. The van der Waals surface area contributed by atoms with Crippen molar-refractivity contribution in [1.29, 1.82) is 0 Å². The lowest BCUT2D eigenvalue weighted by atomic mass is 10.1. The van der Waals surface area contributed by atoms with Gasteiger partial charge in [0.05, 0.1) is 6.20 Å². The van der Waals surface area contributed by atoms with E-state index in [0.29, 0.717) is 0 Å². The van der Waals surface area contributed by atoms with Crippen LogP contribution in [0.1, 0.15) is 36.1 Å². The molecule has 0 aliphatic rings. The lowest BCUT2D eigenvalue weighted by Gasteiger charge is -2.00. The molecule has 1 heterocycles. The third-order valence-electron chi connectivity index (χ3n) is 3.38. The molecule has 1 aromatic heterocycles. The molecule has 0 aliphatic carbocycles. The highest BCUT2D eigenvalue weighted by Gasteiger charge is 2.04. The van der Waals surface area contributed by atoms with Crippen LogP contribution < -0.4 is 5.32 Å². The van der Waals surface area contributed by atoms with E-state index in [2.05, 4.69) is 48.4 Å². The average Bonchev–Trinajstić information content (AvgIpc) is 2.91. The van der Waals surface area contributed by atoms with Crippen molar-refractivity contribution in [2.75, 3.05) is 13.1 Å². The van der Waals surface area contributed by atoms with E-state index < -0.39 is 0 Å². The Labute approximate surface area is 121 Å². The lowest BCUT2D eigenvalue weighted by Crippen LogP contribution is -2.14. The molecule has 0 radical (unpaired) electrons. The monoisotopic (exact) mass is 272 g/mol. The number of hydrogen-bond acceptors (Lipinski definition) is 3. The first-order valence-corrected chi connectivity index (χ1v) is 7.47. The van der Waals surface area contributed by atoms with Crippen molar-refractivity contribution >= 4 is 0 Å². The summed E-state index contributed by atoms with van der Waals surface area (Å²) < 4.78 is 5.77. The van der Waals surface area contributed by atoms with Crippen LogP contribution >= 0.6 is 0 Å². The molecule has 1 aromatic carbocycles. The third kappa shape index (κ3) is 4.82. The van der Waals surface area contributed by atoms with E-state index in [1.165, 1.54) is 11.1 Å². The zero-order chi connectivity index (χ0) is 14.2. The van der Waals surface area contributed by atoms with Gasteiger partial charge in [0.1, 0.15) is 5.76 Å². The number of rotatable bonds is 8. The van der Waals surface area contributed by atoms with Gasteiger partial charge >= 0.3 is 0 Å². The van der Waals surface area contributed by atoms with Crippen LogP contribution in [0.25, 0.3) is 0 Å². The van der Waals surface area contributed by atoms with E-state index in [9.17, 15) is 0 Å². The van der Waals surface area contributed by atoms with Gasteiger partial charge in [-0.05, 0) is 38.4 Å². The van der Waals surface area contributed by atoms with E-state index in [-0.39, 0.29) is 0 Å². The second-order valence-corrected chi connectivity index (χ2v) is 5.16. The summed E-state index contributed by atoms with van der Waals surface area (Å²) in [5.74, 6) is 1.85. The van der Waals surface area contributed by atoms with Crippen molar-refractivity contribution in [2.45, 2.75) is 39.5 Å². The lowest BCUT2D eigenvalue weighted by molar-refractivity contribution is 0.446. The van der Waals surface area contributed by atoms with Crippen LogP contribution in [0.15, 0.2) is 34.9 Å². The SMILES string of the molecule is CCNCCCc1ncc(CCc2ccc(C)cc2)o1. The number of hydrogen-bond donors (Lipinski definition) is 1. The number of nitrogens with one attached hydrogen (secondary N) is 1. The summed E-state index contributed by atoms with van der Waals surface area (Å²) in [5, 5.41) is 3.31. The van der Waals surface area contributed by atoms with E-state index in [1.807, 2.05) is 6.20 Å². The summed E-state index contributed by atoms with van der Waals surface area (Å²) in [7, 11) is 0. The van der Waals surface area contributed by atoms with Gasteiger partial charge < -0.3 is 9.73 Å². The number of aryl methyl sites for hydroxylation is 4. The average molecular weight is 272 g/mol. The van der Waals surface area contributed by atoms with Crippen LogP contribution in [-0.2, 0) is 19.3 Å². The summed E-state index contributed by atoms with van der Waals surface area (Å²) in [4.78, 5) is 4.35. The van der Waals surface area contributed by atoms with Gasteiger partial charge in [-0.3, -0.25) is 0 Å². The molecule has 0 amide bonds.